The quantitative estimate of drug-likeness (QED) is 0.807. The molecular formula is C14H14BNO3. The predicted octanol–water partition coefficient (Wildman–Crippen LogP) is 1.16. The molecule has 19 heavy (non-hydrogen) atoms. The molecule has 0 aliphatic carbocycles. The van der Waals surface area contributed by atoms with Crippen molar-refractivity contribution in [2.24, 2.45) is 5.73 Å². The molecule has 5 heteroatoms. The lowest BCUT2D eigenvalue weighted by Gasteiger charge is -2.08. The van der Waals surface area contributed by atoms with E-state index in [0.29, 0.717) is 18.9 Å². The second kappa shape index (κ2) is 5.05. The van der Waals surface area contributed by atoms with Crippen LogP contribution in [0.2, 0.25) is 0 Å². The first-order valence-corrected chi connectivity index (χ1v) is 6.15. The van der Waals surface area contributed by atoms with E-state index in [0.717, 1.165) is 22.3 Å². The summed E-state index contributed by atoms with van der Waals surface area (Å²) in [5.74, 6) is 1.43. The van der Waals surface area contributed by atoms with Crippen LogP contribution in [0.3, 0.4) is 0 Å². The number of rotatable bonds is 3. The SMILES string of the molecule is NCc1ccc(Oc2ccc3c(c2)B(O)OC3)cc1. The molecule has 1 aliphatic heterocycles. The molecule has 0 unspecified atom stereocenters. The van der Waals surface area contributed by atoms with Crippen LogP contribution in [0.5, 0.6) is 11.5 Å². The minimum atomic E-state index is -0.849. The number of ether oxygens (including phenoxy) is 1. The summed E-state index contributed by atoms with van der Waals surface area (Å²) in [5.41, 5.74) is 8.38. The van der Waals surface area contributed by atoms with Gasteiger partial charge >= 0.3 is 7.12 Å². The van der Waals surface area contributed by atoms with E-state index in [4.69, 9.17) is 15.1 Å². The Hall–Kier alpha value is -1.82. The van der Waals surface area contributed by atoms with Crippen molar-refractivity contribution in [1.29, 1.82) is 0 Å². The van der Waals surface area contributed by atoms with E-state index in [1.54, 1.807) is 0 Å². The van der Waals surface area contributed by atoms with Crippen molar-refractivity contribution in [3.8, 4) is 11.5 Å². The van der Waals surface area contributed by atoms with Gasteiger partial charge < -0.3 is 20.1 Å². The standard InChI is InChI=1S/C14H14BNO3/c16-8-10-1-4-12(5-2-10)19-13-6-3-11-9-18-15(17)14(11)7-13/h1-7,17H,8-9,16H2. The molecule has 0 saturated carbocycles. The lowest BCUT2D eigenvalue weighted by molar-refractivity contribution is 0.275. The number of hydrogen-bond acceptors (Lipinski definition) is 4. The van der Waals surface area contributed by atoms with Crippen molar-refractivity contribution >= 4 is 12.6 Å². The Morgan fingerprint density at radius 3 is 2.63 bits per heavy atom. The van der Waals surface area contributed by atoms with Gasteiger partial charge in [-0.3, -0.25) is 0 Å². The number of benzene rings is 2. The summed E-state index contributed by atoms with van der Waals surface area (Å²) in [7, 11) is -0.849. The second-order valence-electron chi connectivity index (χ2n) is 4.47. The third kappa shape index (κ3) is 2.49. The molecule has 1 aliphatic rings. The van der Waals surface area contributed by atoms with Crippen molar-refractivity contribution in [3.05, 3.63) is 53.6 Å². The molecule has 0 fully saturated rings. The molecule has 0 bridgehead atoms. The monoisotopic (exact) mass is 255 g/mol. The topological polar surface area (TPSA) is 64.7 Å². The molecular weight excluding hydrogens is 241 g/mol. The van der Waals surface area contributed by atoms with Crippen molar-refractivity contribution in [2.75, 3.05) is 0 Å². The van der Waals surface area contributed by atoms with Gasteiger partial charge in [0.1, 0.15) is 11.5 Å². The third-order valence-electron chi connectivity index (χ3n) is 3.17. The minimum absolute atomic E-state index is 0.446. The van der Waals surface area contributed by atoms with Gasteiger partial charge in [-0.25, -0.2) is 0 Å². The zero-order valence-corrected chi connectivity index (χ0v) is 10.4. The van der Waals surface area contributed by atoms with Gasteiger partial charge in [-0.2, -0.15) is 0 Å². The Kier molecular flexibility index (Phi) is 3.25. The van der Waals surface area contributed by atoms with E-state index in [2.05, 4.69) is 0 Å². The highest BCUT2D eigenvalue weighted by molar-refractivity contribution is 6.61. The van der Waals surface area contributed by atoms with Gasteiger partial charge in [0.15, 0.2) is 0 Å². The number of nitrogens with two attached hydrogens (primary N) is 1. The summed E-state index contributed by atoms with van der Waals surface area (Å²) >= 11 is 0. The molecule has 0 aromatic heterocycles. The van der Waals surface area contributed by atoms with Crippen molar-refractivity contribution in [3.63, 3.8) is 0 Å². The van der Waals surface area contributed by atoms with E-state index < -0.39 is 7.12 Å². The largest absolute Gasteiger partial charge is 0.491 e. The molecule has 0 amide bonds. The van der Waals surface area contributed by atoms with Gasteiger partial charge in [0, 0.05) is 6.54 Å². The molecule has 3 N–H and O–H groups in total. The smallest absolute Gasteiger partial charge is 0.457 e. The first-order chi connectivity index (χ1) is 9.26. The van der Waals surface area contributed by atoms with Crippen LogP contribution in [0.25, 0.3) is 0 Å². The van der Waals surface area contributed by atoms with E-state index >= 15 is 0 Å². The molecule has 0 saturated heterocycles. The third-order valence-corrected chi connectivity index (χ3v) is 3.17. The van der Waals surface area contributed by atoms with Crippen LogP contribution in [0.15, 0.2) is 42.5 Å². The summed E-state index contributed by atoms with van der Waals surface area (Å²) in [6, 6.07) is 13.2. The average Bonchev–Trinajstić information content (AvgIpc) is 2.81. The molecule has 0 spiro atoms. The summed E-state index contributed by atoms with van der Waals surface area (Å²) in [6.45, 7) is 0.963. The highest BCUT2D eigenvalue weighted by atomic mass is 16.5. The Morgan fingerprint density at radius 2 is 1.89 bits per heavy atom. The molecule has 2 aromatic rings. The summed E-state index contributed by atoms with van der Waals surface area (Å²) in [4.78, 5) is 0. The fourth-order valence-corrected chi connectivity index (χ4v) is 2.09. The van der Waals surface area contributed by atoms with Gasteiger partial charge in [0.2, 0.25) is 0 Å². The average molecular weight is 255 g/mol. The number of fused-ring (bicyclic) bond motifs is 1. The van der Waals surface area contributed by atoms with E-state index in [-0.39, 0.29) is 0 Å². The maximum atomic E-state index is 9.65. The minimum Gasteiger partial charge on any atom is -0.457 e. The first-order valence-electron chi connectivity index (χ1n) is 6.15. The van der Waals surface area contributed by atoms with E-state index in [1.807, 2.05) is 42.5 Å². The molecule has 0 radical (unpaired) electrons. The Labute approximate surface area is 111 Å². The van der Waals surface area contributed by atoms with Crippen LogP contribution >= 0.6 is 0 Å². The molecule has 3 rings (SSSR count). The fraction of sp³-hybridized carbons (Fsp3) is 0.143. The summed E-state index contributed by atoms with van der Waals surface area (Å²) in [5, 5.41) is 9.65. The summed E-state index contributed by atoms with van der Waals surface area (Å²) < 4.78 is 10.9. The Morgan fingerprint density at radius 1 is 1.16 bits per heavy atom. The van der Waals surface area contributed by atoms with Gasteiger partial charge in [-0.05, 0) is 40.9 Å². The molecule has 0 atom stereocenters. The zero-order chi connectivity index (χ0) is 13.2. The molecule has 96 valence electrons. The highest BCUT2D eigenvalue weighted by Gasteiger charge is 2.27. The maximum absolute atomic E-state index is 9.65. The normalized spacial score (nSPS) is 13.5. The summed E-state index contributed by atoms with van der Waals surface area (Å²) in [6.07, 6.45) is 0. The molecule has 1 heterocycles. The lowest BCUT2D eigenvalue weighted by Crippen LogP contribution is -2.27. The second-order valence-corrected chi connectivity index (χ2v) is 4.47. The zero-order valence-electron chi connectivity index (χ0n) is 10.4. The van der Waals surface area contributed by atoms with E-state index in [9.17, 15) is 5.02 Å². The maximum Gasteiger partial charge on any atom is 0.491 e. The van der Waals surface area contributed by atoms with Crippen molar-refractivity contribution in [2.45, 2.75) is 13.2 Å². The van der Waals surface area contributed by atoms with E-state index in [1.165, 1.54) is 0 Å². The number of hydrogen-bond donors (Lipinski definition) is 2. The van der Waals surface area contributed by atoms with Crippen LogP contribution in [-0.4, -0.2) is 12.1 Å². The lowest BCUT2D eigenvalue weighted by atomic mass is 9.79. The first kappa shape index (κ1) is 12.2. The predicted molar refractivity (Wildman–Crippen MR) is 73.2 cm³/mol. The Bertz CT molecular complexity index is 586. The highest BCUT2D eigenvalue weighted by Crippen LogP contribution is 2.23. The Balaban J connectivity index is 1.81. The fourth-order valence-electron chi connectivity index (χ4n) is 2.09. The van der Waals surface area contributed by atoms with Gasteiger partial charge in [-0.15, -0.1) is 0 Å². The van der Waals surface area contributed by atoms with Crippen molar-refractivity contribution < 1.29 is 14.4 Å². The van der Waals surface area contributed by atoms with Crippen LogP contribution in [0.4, 0.5) is 0 Å². The molecule has 2 aromatic carbocycles. The molecule has 4 nitrogen and oxygen atoms in total. The van der Waals surface area contributed by atoms with Crippen LogP contribution in [0, 0.1) is 0 Å². The van der Waals surface area contributed by atoms with Crippen LogP contribution in [0.1, 0.15) is 11.1 Å². The van der Waals surface area contributed by atoms with Gasteiger partial charge in [0.25, 0.3) is 0 Å². The van der Waals surface area contributed by atoms with Gasteiger partial charge in [0.05, 0.1) is 6.61 Å². The van der Waals surface area contributed by atoms with Crippen LogP contribution in [-0.2, 0) is 17.8 Å². The van der Waals surface area contributed by atoms with Crippen molar-refractivity contribution in [1.82, 2.24) is 0 Å². The van der Waals surface area contributed by atoms with Gasteiger partial charge in [-0.1, -0.05) is 18.2 Å². The van der Waals surface area contributed by atoms with Crippen LogP contribution < -0.4 is 15.9 Å².